The Bertz CT molecular complexity index is 595. The van der Waals surface area contributed by atoms with Crippen LogP contribution >= 0.6 is 11.3 Å². The van der Waals surface area contributed by atoms with Crippen molar-refractivity contribution in [2.45, 2.75) is 19.9 Å². The lowest BCUT2D eigenvalue weighted by Gasteiger charge is -2.12. The molecule has 1 amide bonds. The third-order valence-electron chi connectivity index (χ3n) is 3.32. The van der Waals surface area contributed by atoms with Gasteiger partial charge >= 0.3 is 0 Å². The quantitative estimate of drug-likeness (QED) is 0.781. The van der Waals surface area contributed by atoms with Gasteiger partial charge in [0.05, 0.1) is 18.0 Å². The highest BCUT2D eigenvalue weighted by atomic mass is 32.1. The van der Waals surface area contributed by atoms with Crippen molar-refractivity contribution >= 4 is 23.1 Å². The molecule has 7 heteroatoms. The van der Waals surface area contributed by atoms with Crippen LogP contribution < -0.4 is 5.32 Å². The summed E-state index contributed by atoms with van der Waals surface area (Å²) in [6, 6.07) is 5.77. The number of carbonyl (C=O) groups excluding carboxylic acids is 1. The van der Waals surface area contributed by atoms with Crippen molar-refractivity contribution in [2.24, 2.45) is 5.92 Å². The van der Waals surface area contributed by atoms with E-state index in [9.17, 15) is 4.79 Å². The van der Waals surface area contributed by atoms with Crippen LogP contribution in [0.1, 0.15) is 13.3 Å². The van der Waals surface area contributed by atoms with Crippen LogP contribution in [-0.4, -0.2) is 41.1 Å². The van der Waals surface area contributed by atoms with Crippen molar-refractivity contribution in [2.75, 3.05) is 25.6 Å². The maximum Gasteiger partial charge on any atom is 0.228 e. The molecule has 0 fully saturated rings. The highest BCUT2D eigenvalue weighted by molar-refractivity contribution is 7.13. The molecule has 1 unspecified atom stereocenters. The standard InChI is InChI=1S/C15H21N3O3S/c1-11(5-8-21-2)15(20)16-14-10-12(13-4-3-9-22-13)17-18(14)6-7-19/h3-4,9-11,19H,5-8H2,1-2H3,(H,16,20). The van der Waals surface area contributed by atoms with Gasteiger partial charge in [-0.15, -0.1) is 11.3 Å². The Labute approximate surface area is 133 Å². The molecule has 0 aromatic carbocycles. The second kappa shape index (κ2) is 8.07. The minimum absolute atomic E-state index is 0.0341. The Morgan fingerprint density at radius 2 is 2.41 bits per heavy atom. The van der Waals surface area contributed by atoms with Gasteiger partial charge in [-0.2, -0.15) is 5.10 Å². The number of hydrogen-bond donors (Lipinski definition) is 2. The predicted molar refractivity (Wildman–Crippen MR) is 86.9 cm³/mol. The first-order chi connectivity index (χ1) is 10.7. The molecule has 2 rings (SSSR count). The van der Waals surface area contributed by atoms with E-state index in [1.807, 2.05) is 30.5 Å². The number of anilines is 1. The van der Waals surface area contributed by atoms with Gasteiger partial charge in [0.25, 0.3) is 0 Å². The highest BCUT2D eigenvalue weighted by Gasteiger charge is 2.17. The zero-order valence-electron chi connectivity index (χ0n) is 12.8. The molecule has 0 radical (unpaired) electrons. The van der Waals surface area contributed by atoms with Gasteiger partial charge in [-0.05, 0) is 17.9 Å². The van der Waals surface area contributed by atoms with Crippen LogP contribution in [0.15, 0.2) is 23.6 Å². The molecule has 0 aliphatic heterocycles. The van der Waals surface area contributed by atoms with Crippen LogP contribution in [0.4, 0.5) is 5.82 Å². The monoisotopic (exact) mass is 323 g/mol. The molecule has 0 spiro atoms. The first-order valence-corrected chi connectivity index (χ1v) is 8.06. The zero-order valence-corrected chi connectivity index (χ0v) is 13.6. The zero-order chi connectivity index (χ0) is 15.9. The Kier molecular flexibility index (Phi) is 6.11. The summed E-state index contributed by atoms with van der Waals surface area (Å²) in [5.74, 6) is 0.378. The van der Waals surface area contributed by atoms with Crippen LogP contribution in [0.5, 0.6) is 0 Å². The molecular formula is C15H21N3O3S. The third-order valence-corrected chi connectivity index (χ3v) is 4.21. The Hall–Kier alpha value is -1.70. The van der Waals surface area contributed by atoms with E-state index in [0.29, 0.717) is 25.4 Å². The van der Waals surface area contributed by atoms with Crippen LogP contribution in [0.2, 0.25) is 0 Å². The number of aliphatic hydroxyl groups is 1. The van der Waals surface area contributed by atoms with E-state index in [1.54, 1.807) is 23.1 Å². The largest absolute Gasteiger partial charge is 0.394 e. The topological polar surface area (TPSA) is 76.4 Å². The van der Waals surface area contributed by atoms with Crippen LogP contribution in [-0.2, 0) is 16.1 Å². The third kappa shape index (κ3) is 4.16. The fraction of sp³-hybridized carbons (Fsp3) is 0.467. The van der Waals surface area contributed by atoms with Gasteiger partial charge in [0.15, 0.2) is 0 Å². The van der Waals surface area contributed by atoms with E-state index >= 15 is 0 Å². The molecule has 2 N–H and O–H groups in total. The van der Waals surface area contributed by atoms with Gasteiger partial charge in [-0.25, -0.2) is 4.68 Å². The number of thiophene rings is 1. The molecule has 22 heavy (non-hydrogen) atoms. The van der Waals surface area contributed by atoms with Crippen molar-refractivity contribution < 1.29 is 14.6 Å². The number of amides is 1. The first-order valence-electron chi connectivity index (χ1n) is 7.18. The van der Waals surface area contributed by atoms with Crippen molar-refractivity contribution in [1.29, 1.82) is 0 Å². The Morgan fingerprint density at radius 1 is 1.59 bits per heavy atom. The molecular weight excluding hydrogens is 302 g/mol. The van der Waals surface area contributed by atoms with Gasteiger partial charge in [-0.3, -0.25) is 4.79 Å². The van der Waals surface area contributed by atoms with Gasteiger partial charge in [0.1, 0.15) is 11.5 Å². The molecule has 0 bridgehead atoms. The molecule has 2 aromatic rings. The van der Waals surface area contributed by atoms with Crippen molar-refractivity contribution in [3.05, 3.63) is 23.6 Å². The molecule has 0 aliphatic carbocycles. The fourth-order valence-corrected chi connectivity index (χ4v) is 2.68. The number of nitrogens with zero attached hydrogens (tertiary/aromatic N) is 2. The predicted octanol–water partition coefficient (Wildman–Crippen LogP) is 2.22. The lowest BCUT2D eigenvalue weighted by atomic mass is 10.1. The summed E-state index contributed by atoms with van der Waals surface area (Å²) in [6.45, 7) is 2.72. The number of hydrogen-bond acceptors (Lipinski definition) is 5. The summed E-state index contributed by atoms with van der Waals surface area (Å²) in [5, 5.41) is 18.5. The summed E-state index contributed by atoms with van der Waals surface area (Å²) in [6.07, 6.45) is 0.661. The van der Waals surface area contributed by atoms with Crippen molar-refractivity contribution in [1.82, 2.24) is 9.78 Å². The summed E-state index contributed by atoms with van der Waals surface area (Å²) < 4.78 is 6.62. The van der Waals surface area contributed by atoms with E-state index in [0.717, 1.165) is 10.6 Å². The Balaban J connectivity index is 2.13. The second-order valence-corrected chi connectivity index (χ2v) is 5.96. The minimum atomic E-state index is -0.150. The molecule has 120 valence electrons. The SMILES string of the molecule is COCCC(C)C(=O)Nc1cc(-c2cccs2)nn1CCO. The lowest BCUT2D eigenvalue weighted by molar-refractivity contribution is -0.119. The van der Waals surface area contributed by atoms with Gasteiger partial charge < -0.3 is 15.2 Å². The van der Waals surface area contributed by atoms with E-state index < -0.39 is 0 Å². The van der Waals surface area contributed by atoms with E-state index in [-0.39, 0.29) is 18.4 Å². The highest BCUT2D eigenvalue weighted by Crippen LogP contribution is 2.26. The van der Waals surface area contributed by atoms with Crippen molar-refractivity contribution in [3.8, 4) is 10.6 Å². The van der Waals surface area contributed by atoms with Crippen LogP contribution in [0.25, 0.3) is 10.6 Å². The molecule has 0 aliphatic rings. The number of ether oxygens (including phenoxy) is 1. The summed E-state index contributed by atoms with van der Waals surface area (Å²) in [7, 11) is 1.62. The molecule has 2 aromatic heterocycles. The maximum absolute atomic E-state index is 12.2. The maximum atomic E-state index is 12.2. The number of carbonyl (C=O) groups is 1. The Morgan fingerprint density at radius 3 is 3.05 bits per heavy atom. The van der Waals surface area contributed by atoms with E-state index in [4.69, 9.17) is 9.84 Å². The molecule has 0 saturated carbocycles. The lowest BCUT2D eigenvalue weighted by Crippen LogP contribution is -2.23. The first kappa shape index (κ1) is 16.7. The number of rotatable bonds is 8. The van der Waals surface area contributed by atoms with Crippen LogP contribution in [0.3, 0.4) is 0 Å². The summed E-state index contributed by atoms with van der Waals surface area (Å²) >= 11 is 1.58. The molecule has 1 atom stereocenters. The molecule has 6 nitrogen and oxygen atoms in total. The average molecular weight is 323 g/mol. The number of methoxy groups -OCH3 is 1. The van der Waals surface area contributed by atoms with Crippen LogP contribution in [0, 0.1) is 5.92 Å². The van der Waals surface area contributed by atoms with E-state index in [1.165, 1.54) is 0 Å². The number of aromatic nitrogens is 2. The van der Waals surface area contributed by atoms with Crippen molar-refractivity contribution in [3.63, 3.8) is 0 Å². The average Bonchev–Trinajstić information content (AvgIpc) is 3.15. The molecule has 2 heterocycles. The summed E-state index contributed by atoms with van der Waals surface area (Å²) in [4.78, 5) is 13.2. The summed E-state index contributed by atoms with van der Waals surface area (Å²) in [5.41, 5.74) is 0.795. The van der Waals surface area contributed by atoms with Gasteiger partial charge in [0.2, 0.25) is 5.91 Å². The van der Waals surface area contributed by atoms with E-state index in [2.05, 4.69) is 10.4 Å². The smallest absolute Gasteiger partial charge is 0.228 e. The second-order valence-electron chi connectivity index (χ2n) is 5.01. The van der Waals surface area contributed by atoms with Gasteiger partial charge in [-0.1, -0.05) is 13.0 Å². The minimum Gasteiger partial charge on any atom is -0.394 e. The number of aliphatic hydroxyl groups excluding tert-OH is 1. The number of nitrogens with one attached hydrogen (secondary N) is 1. The van der Waals surface area contributed by atoms with Gasteiger partial charge in [0, 0.05) is 25.7 Å². The normalized spacial score (nSPS) is 12.3. The fourth-order valence-electron chi connectivity index (χ4n) is 2.00. The molecule has 0 saturated heterocycles.